The van der Waals surface area contributed by atoms with Crippen molar-refractivity contribution in [2.75, 3.05) is 12.3 Å². The molecular formula is C10H11F2NO2S2. The van der Waals surface area contributed by atoms with Crippen LogP contribution < -0.4 is 0 Å². The van der Waals surface area contributed by atoms with Crippen LogP contribution in [0.15, 0.2) is 23.1 Å². The summed E-state index contributed by atoms with van der Waals surface area (Å²) < 4.78 is 51.7. The summed E-state index contributed by atoms with van der Waals surface area (Å²) >= 11 is 1.49. The zero-order valence-electron chi connectivity index (χ0n) is 9.06. The fourth-order valence-corrected chi connectivity index (χ4v) is 4.78. The maximum absolute atomic E-state index is 13.5. The van der Waals surface area contributed by atoms with Crippen LogP contribution in [0, 0.1) is 11.6 Å². The van der Waals surface area contributed by atoms with Gasteiger partial charge < -0.3 is 0 Å². The van der Waals surface area contributed by atoms with E-state index in [1.54, 1.807) is 6.92 Å². The molecule has 1 aromatic rings. The van der Waals surface area contributed by atoms with E-state index in [1.165, 1.54) is 16.1 Å². The number of thioether (sulfide) groups is 1. The molecule has 1 fully saturated rings. The highest BCUT2D eigenvalue weighted by atomic mass is 32.2. The Labute approximate surface area is 103 Å². The smallest absolute Gasteiger partial charge is 0.207 e. The molecule has 1 saturated heterocycles. The summed E-state index contributed by atoms with van der Waals surface area (Å²) in [5.74, 6) is -1.15. The molecule has 17 heavy (non-hydrogen) atoms. The van der Waals surface area contributed by atoms with Gasteiger partial charge in [0.1, 0.15) is 16.5 Å². The molecule has 2 rings (SSSR count). The summed E-state index contributed by atoms with van der Waals surface area (Å²) in [4.78, 5) is -0.465. The number of nitrogens with zero attached hydrogens (tertiary/aromatic N) is 1. The predicted molar refractivity (Wildman–Crippen MR) is 62.2 cm³/mol. The van der Waals surface area contributed by atoms with Gasteiger partial charge in [-0.1, -0.05) is 0 Å². The van der Waals surface area contributed by atoms with Crippen molar-refractivity contribution in [3.8, 4) is 0 Å². The molecule has 94 valence electrons. The molecule has 0 radical (unpaired) electrons. The van der Waals surface area contributed by atoms with Gasteiger partial charge in [0.05, 0.1) is 5.37 Å². The molecule has 1 aromatic carbocycles. The summed E-state index contributed by atoms with van der Waals surface area (Å²) in [6, 6.07) is 2.50. The first-order valence-corrected chi connectivity index (χ1v) is 7.50. The lowest BCUT2D eigenvalue weighted by molar-refractivity contribution is 0.436. The maximum Gasteiger partial charge on any atom is 0.247 e. The van der Waals surface area contributed by atoms with E-state index in [0.717, 1.165) is 12.1 Å². The van der Waals surface area contributed by atoms with E-state index in [1.807, 2.05) is 0 Å². The summed E-state index contributed by atoms with van der Waals surface area (Å²) in [5.41, 5.74) is 0. The second-order valence-corrected chi connectivity index (χ2v) is 6.94. The minimum absolute atomic E-state index is 0.218. The summed E-state index contributed by atoms with van der Waals surface area (Å²) in [7, 11) is -3.86. The van der Waals surface area contributed by atoms with Crippen molar-refractivity contribution >= 4 is 21.8 Å². The molecule has 1 aliphatic rings. The third-order valence-corrected chi connectivity index (χ3v) is 5.85. The Morgan fingerprint density at radius 2 is 2.12 bits per heavy atom. The van der Waals surface area contributed by atoms with Crippen LogP contribution in [0.4, 0.5) is 8.78 Å². The van der Waals surface area contributed by atoms with Crippen LogP contribution in [0.1, 0.15) is 6.92 Å². The van der Waals surface area contributed by atoms with Crippen LogP contribution in [0.2, 0.25) is 0 Å². The fraction of sp³-hybridized carbons (Fsp3) is 0.400. The highest BCUT2D eigenvalue weighted by Gasteiger charge is 2.34. The summed E-state index contributed by atoms with van der Waals surface area (Å²) in [5, 5.41) is -0.218. The third-order valence-electron chi connectivity index (χ3n) is 2.56. The molecule has 7 heteroatoms. The zero-order valence-corrected chi connectivity index (χ0v) is 10.7. The minimum Gasteiger partial charge on any atom is -0.207 e. The van der Waals surface area contributed by atoms with Crippen molar-refractivity contribution < 1.29 is 17.2 Å². The Bertz CT molecular complexity index is 533. The van der Waals surface area contributed by atoms with Gasteiger partial charge in [-0.2, -0.15) is 4.31 Å². The molecule has 1 unspecified atom stereocenters. The minimum atomic E-state index is -3.86. The summed E-state index contributed by atoms with van der Waals surface area (Å²) in [6.07, 6.45) is 0. The van der Waals surface area contributed by atoms with Crippen LogP contribution in [-0.2, 0) is 10.0 Å². The van der Waals surface area contributed by atoms with Crippen molar-refractivity contribution in [2.45, 2.75) is 17.2 Å². The second-order valence-electron chi connectivity index (χ2n) is 3.66. The second kappa shape index (κ2) is 4.55. The monoisotopic (exact) mass is 279 g/mol. The van der Waals surface area contributed by atoms with E-state index in [-0.39, 0.29) is 5.37 Å². The standard InChI is InChI=1S/C10H11F2NO2S2/c1-7-13(4-5-16-7)17(14,15)10-3-2-8(11)6-9(10)12/h2-3,6-7H,4-5H2,1H3. The number of hydrogen-bond acceptors (Lipinski definition) is 3. The average Bonchev–Trinajstić information content (AvgIpc) is 2.64. The van der Waals surface area contributed by atoms with Crippen LogP contribution in [-0.4, -0.2) is 30.4 Å². The van der Waals surface area contributed by atoms with E-state index >= 15 is 0 Å². The lowest BCUT2D eigenvalue weighted by atomic mass is 10.3. The zero-order chi connectivity index (χ0) is 12.6. The van der Waals surface area contributed by atoms with Gasteiger partial charge in [0, 0.05) is 18.4 Å². The lowest BCUT2D eigenvalue weighted by Crippen LogP contribution is -2.33. The number of hydrogen-bond donors (Lipinski definition) is 0. The van der Waals surface area contributed by atoms with E-state index in [0.29, 0.717) is 18.4 Å². The average molecular weight is 279 g/mol. The number of benzene rings is 1. The Balaban J connectivity index is 2.44. The van der Waals surface area contributed by atoms with Gasteiger partial charge in [-0.05, 0) is 19.1 Å². The number of rotatable bonds is 2. The van der Waals surface area contributed by atoms with E-state index < -0.39 is 26.6 Å². The molecule has 0 aromatic heterocycles. The number of sulfonamides is 1. The fourth-order valence-electron chi connectivity index (χ4n) is 1.70. The predicted octanol–water partition coefficient (Wildman–Crippen LogP) is 2.05. The first-order chi connectivity index (χ1) is 7.93. The van der Waals surface area contributed by atoms with Gasteiger partial charge in [0.15, 0.2) is 0 Å². The van der Waals surface area contributed by atoms with Crippen LogP contribution in [0.5, 0.6) is 0 Å². The Morgan fingerprint density at radius 3 is 2.65 bits per heavy atom. The molecule has 0 aliphatic carbocycles. The van der Waals surface area contributed by atoms with E-state index in [9.17, 15) is 17.2 Å². The molecule has 1 atom stereocenters. The largest absolute Gasteiger partial charge is 0.247 e. The molecule has 0 amide bonds. The van der Waals surface area contributed by atoms with Gasteiger partial charge >= 0.3 is 0 Å². The topological polar surface area (TPSA) is 37.4 Å². The normalized spacial score (nSPS) is 21.9. The van der Waals surface area contributed by atoms with E-state index in [2.05, 4.69) is 0 Å². The molecular weight excluding hydrogens is 268 g/mol. The third kappa shape index (κ3) is 2.31. The van der Waals surface area contributed by atoms with Crippen molar-refractivity contribution in [2.24, 2.45) is 0 Å². The Kier molecular flexibility index (Phi) is 3.42. The molecule has 3 nitrogen and oxygen atoms in total. The first-order valence-electron chi connectivity index (χ1n) is 5.01. The van der Waals surface area contributed by atoms with Crippen molar-refractivity contribution in [3.63, 3.8) is 0 Å². The van der Waals surface area contributed by atoms with Crippen LogP contribution in [0.3, 0.4) is 0 Å². The Hall–Kier alpha value is -0.660. The van der Waals surface area contributed by atoms with Crippen molar-refractivity contribution in [3.05, 3.63) is 29.8 Å². The quantitative estimate of drug-likeness (QED) is 0.831. The first kappa shape index (κ1) is 12.8. The molecule has 1 heterocycles. The van der Waals surface area contributed by atoms with E-state index in [4.69, 9.17) is 0 Å². The van der Waals surface area contributed by atoms with Gasteiger partial charge in [-0.25, -0.2) is 17.2 Å². The highest BCUT2D eigenvalue weighted by molar-refractivity contribution is 8.01. The SMILES string of the molecule is CC1SCCN1S(=O)(=O)c1ccc(F)cc1F. The van der Waals surface area contributed by atoms with Gasteiger partial charge in [-0.15, -0.1) is 11.8 Å². The van der Waals surface area contributed by atoms with Crippen molar-refractivity contribution in [1.29, 1.82) is 0 Å². The highest BCUT2D eigenvalue weighted by Crippen LogP contribution is 2.30. The molecule has 0 N–H and O–H groups in total. The maximum atomic E-state index is 13.5. The number of halogens is 2. The lowest BCUT2D eigenvalue weighted by Gasteiger charge is -2.20. The van der Waals surface area contributed by atoms with Crippen LogP contribution >= 0.6 is 11.8 Å². The molecule has 0 spiro atoms. The molecule has 0 saturated carbocycles. The van der Waals surface area contributed by atoms with Crippen molar-refractivity contribution in [1.82, 2.24) is 4.31 Å². The van der Waals surface area contributed by atoms with Gasteiger partial charge in [-0.3, -0.25) is 0 Å². The van der Waals surface area contributed by atoms with Gasteiger partial charge in [0.2, 0.25) is 10.0 Å². The van der Waals surface area contributed by atoms with Gasteiger partial charge in [0.25, 0.3) is 0 Å². The molecule has 0 bridgehead atoms. The Morgan fingerprint density at radius 1 is 1.41 bits per heavy atom. The van der Waals surface area contributed by atoms with Crippen LogP contribution in [0.25, 0.3) is 0 Å². The summed E-state index contributed by atoms with van der Waals surface area (Å²) in [6.45, 7) is 2.10. The molecule has 1 aliphatic heterocycles.